The molecule has 7 rings (SSSR count). The monoisotopic (exact) mass is 496 g/mol. The molecule has 5 aliphatic rings. The summed E-state index contributed by atoms with van der Waals surface area (Å²) in [4.78, 5) is 40.7. The van der Waals surface area contributed by atoms with Crippen molar-refractivity contribution in [3.63, 3.8) is 0 Å². The fraction of sp³-hybridized carbons (Fsp3) is 0.292. The molecule has 2 aromatic rings. The van der Waals surface area contributed by atoms with Gasteiger partial charge in [-0.15, -0.1) is 0 Å². The summed E-state index contributed by atoms with van der Waals surface area (Å²) >= 11 is 9.43. The van der Waals surface area contributed by atoms with Crippen molar-refractivity contribution in [2.45, 2.75) is 6.42 Å². The number of carbonyl (C=O) groups is 3. The SMILES string of the molecule is O=C(Nc1ccc(Br)c(Cl)c1)c1cccc(N2C(=O)C3C4C=CC(C5CC45)C3C2=O)c1. The minimum atomic E-state index is -0.334. The highest BCUT2D eigenvalue weighted by atomic mass is 79.9. The van der Waals surface area contributed by atoms with Crippen molar-refractivity contribution >= 4 is 56.6 Å². The number of benzene rings is 2. The van der Waals surface area contributed by atoms with Gasteiger partial charge >= 0.3 is 0 Å². The zero-order chi connectivity index (χ0) is 21.4. The summed E-state index contributed by atoms with van der Waals surface area (Å²) in [6, 6.07) is 11.8. The van der Waals surface area contributed by atoms with Crippen LogP contribution in [0.3, 0.4) is 0 Å². The molecule has 1 aliphatic heterocycles. The molecule has 0 spiro atoms. The van der Waals surface area contributed by atoms with Crippen molar-refractivity contribution in [3.05, 3.63) is 69.7 Å². The van der Waals surface area contributed by atoms with Crippen LogP contribution in [0, 0.1) is 35.5 Å². The van der Waals surface area contributed by atoms with Crippen LogP contribution in [0.1, 0.15) is 16.8 Å². The molecule has 2 aromatic carbocycles. The largest absolute Gasteiger partial charge is 0.322 e. The van der Waals surface area contributed by atoms with Crippen molar-refractivity contribution in [2.75, 3.05) is 10.2 Å². The van der Waals surface area contributed by atoms with E-state index in [1.54, 1.807) is 42.5 Å². The molecule has 0 radical (unpaired) electrons. The molecule has 7 heteroatoms. The summed E-state index contributed by atoms with van der Waals surface area (Å²) in [5.41, 5.74) is 1.39. The number of allylic oxidation sites excluding steroid dienone is 2. The Morgan fingerprint density at radius 2 is 1.68 bits per heavy atom. The van der Waals surface area contributed by atoms with E-state index in [9.17, 15) is 14.4 Å². The first-order chi connectivity index (χ1) is 14.9. The molecule has 5 nitrogen and oxygen atoms in total. The van der Waals surface area contributed by atoms with Crippen LogP contribution in [-0.2, 0) is 9.59 Å². The number of hydrogen-bond acceptors (Lipinski definition) is 3. The lowest BCUT2D eigenvalue weighted by Gasteiger charge is -2.37. The van der Waals surface area contributed by atoms with E-state index in [0.29, 0.717) is 33.8 Å². The number of nitrogens with one attached hydrogen (secondary N) is 1. The number of nitrogens with zero attached hydrogens (tertiary/aromatic N) is 1. The van der Waals surface area contributed by atoms with E-state index in [0.717, 1.165) is 10.9 Å². The first-order valence-electron chi connectivity index (χ1n) is 10.4. The molecule has 1 heterocycles. The standard InChI is InChI=1S/C24H18BrClN2O3/c25-18-7-4-12(9-19(18)26)27-22(29)11-2-1-3-13(8-11)28-23(30)20-14-5-6-15(17-10-16(14)17)21(20)24(28)31/h1-9,14-17,20-21H,10H2,(H,27,29). The molecule has 2 bridgehead atoms. The minimum absolute atomic E-state index is 0.128. The Bertz CT molecular complexity index is 1160. The summed E-state index contributed by atoms with van der Waals surface area (Å²) < 4.78 is 0.739. The molecule has 6 atom stereocenters. The Morgan fingerprint density at radius 1 is 1.00 bits per heavy atom. The maximum atomic E-state index is 13.3. The van der Waals surface area contributed by atoms with E-state index >= 15 is 0 Å². The van der Waals surface area contributed by atoms with Gasteiger partial charge in [0, 0.05) is 15.7 Å². The smallest absolute Gasteiger partial charge is 0.255 e. The van der Waals surface area contributed by atoms with Gasteiger partial charge < -0.3 is 5.32 Å². The number of imide groups is 1. The molecular weight excluding hydrogens is 480 g/mol. The third kappa shape index (κ3) is 2.84. The van der Waals surface area contributed by atoms with Gasteiger partial charge in [-0.05, 0) is 82.4 Å². The van der Waals surface area contributed by atoms with E-state index in [1.165, 1.54) is 4.90 Å². The topological polar surface area (TPSA) is 66.5 Å². The molecule has 2 saturated carbocycles. The Kier molecular flexibility index (Phi) is 4.21. The average Bonchev–Trinajstić information content (AvgIpc) is 3.54. The second kappa shape index (κ2) is 6.78. The quantitative estimate of drug-likeness (QED) is 0.484. The molecule has 0 aromatic heterocycles. The van der Waals surface area contributed by atoms with Gasteiger partial charge in [0.2, 0.25) is 11.8 Å². The zero-order valence-electron chi connectivity index (χ0n) is 16.3. The number of amides is 3. The Balaban J connectivity index is 1.28. The van der Waals surface area contributed by atoms with Gasteiger partial charge in [-0.25, -0.2) is 4.90 Å². The highest BCUT2D eigenvalue weighted by Gasteiger charge is 2.67. The van der Waals surface area contributed by atoms with E-state index in [1.807, 2.05) is 0 Å². The number of carbonyl (C=O) groups excluding carboxylic acids is 3. The first-order valence-corrected chi connectivity index (χ1v) is 11.5. The van der Waals surface area contributed by atoms with Crippen molar-refractivity contribution in [2.24, 2.45) is 35.5 Å². The predicted octanol–water partition coefficient (Wildman–Crippen LogP) is 4.91. The Labute approximate surface area is 192 Å². The lowest BCUT2D eigenvalue weighted by atomic mass is 9.63. The fourth-order valence-corrected chi connectivity index (χ4v) is 6.20. The second-order valence-corrected chi connectivity index (χ2v) is 10.1. The molecule has 4 aliphatic carbocycles. The molecule has 6 unspecified atom stereocenters. The van der Waals surface area contributed by atoms with Crippen molar-refractivity contribution in [1.82, 2.24) is 0 Å². The highest BCUT2D eigenvalue weighted by molar-refractivity contribution is 9.10. The van der Waals surface area contributed by atoms with Crippen molar-refractivity contribution < 1.29 is 14.4 Å². The minimum Gasteiger partial charge on any atom is -0.322 e. The van der Waals surface area contributed by atoms with Crippen LogP contribution in [0.5, 0.6) is 0 Å². The van der Waals surface area contributed by atoms with Gasteiger partial charge in [0.1, 0.15) is 0 Å². The number of anilines is 2. The highest BCUT2D eigenvalue weighted by Crippen LogP contribution is 2.65. The van der Waals surface area contributed by atoms with Gasteiger partial charge in [-0.3, -0.25) is 14.4 Å². The number of rotatable bonds is 3. The van der Waals surface area contributed by atoms with E-state index in [2.05, 4.69) is 33.4 Å². The Hall–Kier alpha value is -2.44. The van der Waals surface area contributed by atoms with Gasteiger partial charge in [0.15, 0.2) is 0 Å². The molecule has 1 saturated heterocycles. The lowest BCUT2D eigenvalue weighted by molar-refractivity contribution is -0.124. The van der Waals surface area contributed by atoms with E-state index in [-0.39, 0.29) is 41.4 Å². The summed E-state index contributed by atoms with van der Waals surface area (Å²) in [5, 5.41) is 3.30. The van der Waals surface area contributed by atoms with Gasteiger partial charge in [0.25, 0.3) is 5.91 Å². The van der Waals surface area contributed by atoms with Crippen LogP contribution in [0.15, 0.2) is 59.1 Å². The first kappa shape index (κ1) is 19.3. The number of halogens is 2. The molecule has 3 fully saturated rings. The summed E-state index contributed by atoms with van der Waals surface area (Å²) in [6.07, 6.45) is 5.44. The Morgan fingerprint density at radius 3 is 2.32 bits per heavy atom. The van der Waals surface area contributed by atoms with Crippen LogP contribution < -0.4 is 10.2 Å². The van der Waals surface area contributed by atoms with E-state index < -0.39 is 0 Å². The summed E-state index contributed by atoms with van der Waals surface area (Å²) in [6.45, 7) is 0. The molecule has 1 N–H and O–H groups in total. The zero-order valence-corrected chi connectivity index (χ0v) is 18.6. The molecular formula is C24H18BrClN2O3. The normalized spacial score (nSPS) is 32.1. The third-order valence-electron chi connectivity index (χ3n) is 7.21. The molecule has 3 amide bonds. The van der Waals surface area contributed by atoms with Crippen LogP contribution in [-0.4, -0.2) is 17.7 Å². The predicted molar refractivity (Wildman–Crippen MR) is 121 cm³/mol. The summed E-state index contributed by atoms with van der Waals surface area (Å²) in [5.74, 6) is 0.367. The van der Waals surface area contributed by atoms with Crippen LogP contribution in [0.2, 0.25) is 5.02 Å². The van der Waals surface area contributed by atoms with Gasteiger partial charge in [0.05, 0.1) is 22.5 Å². The molecule has 156 valence electrons. The van der Waals surface area contributed by atoms with Crippen molar-refractivity contribution in [3.8, 4) is 0 Å². The number of hydrogen-bond donors (Lipinski definition) is 1. The lowest BCUT2D eigenvalue weighted by Crippen LogP contribution is -2.40. The van der Waals surface area contributed by atoms with Crippen molar-refractivity contribution in [1.29, 1.82) is 0 Å². The maximum Gasteiger partial charge on any atom is 0.255 e. The molecule has 31 heavy (non-hydrogen) atoms. The maximum absolute atomic E-state index is 13.3. The average molecular weight is 498 g/mol. The van der Waals surface area contributed by atoms with Crippen LogP contribution in [0.25, 0.3) is 0 Å². The summed E-state index contributed by atoms with van der Waals surface area (Å²) in [7, 11) is 0. The van der Waals surface area contributed by atoms with Crippen LogP contribution in [0.4, 0.5) is 11.4 Å². The second-order valence-electron chi connectivity index (χ2n) is 8.80. The third-order valence-corrected chi connectivity index (χ3v) is 8.44. The van der Waals surface area contributed by atoms with Gasteiger partial charge in [-0.2, -0.15) is 0 Å². The van der Waals surface area contributed by atoms with Gasteiger partial charge in [-0.1, -0.05) is 29.8 Å². The fourth-order valence-electron chi connectivity index (χ4n) is 5.77. The van der Waals surface area contributed by atoms with Crippen LogP contribution >= 0.6 is 27.5 Å². The van der Waals surface area contributed by atoms with E-state index in [4.69, 9.17) is 11.6 Å².